The fourth-order valence-electron chi connectivity index (χ4n) is 4.20. The topological polar surface area (TPSA) is 56.3 Å². The molecule has 0 N–H and O–H groups in total. The lowest BCUT2D eigenvalue weighted by molar-refractivity contribution is -0.142. The summed E-state index contributed by atoms with van der Waals surface area (Å²) in [5.41, 5.74) is 1.61. The highest BCUT2D eigenvalue weighted by Gasteiger charge is 2.24. The zero-order valence-corrected chi connectivity index (χ0v) is 19.2. The van der Waals surface area contributed by atoms with Crippen LogP contribution in [0, 0.1) is 5.82 Å². The largest absolute Gasteiger partial charge is 0.368 e. The van der Waals surface area contributed by atoms with Crippen LogP contribution >= 0.6 is 11.6 Å². The van der Waals surface area contributed by atoms with Gasteiger partial charge in [0.05, 0.1) is 5.69 Å². The summed E-state index contributed by atoms with van der Waals surface area (Å²) in [7, 11) is 0. The van der Waals surface area contributed by atoms with Crippen LogP contribution in [0.1, 0.15) is 0 Å². The Morgan fingerprint density at radius 3 is 1.94 bits per heavy atom. The van der Waals surface area contributed by atoms with Gasteiger partial charge in [-0.05, 0) is 30.3 Å². The Morgan fingerprint density at radius 1 is 0.788 bits per heavy atom. The van der Waals surface area contributed by atoms with Crippen LogP contribution in [0.3, 0.4) is 0 Å². The van der Waals surface area contributed by atoms with Crippen molar-refractivity contribution in [2.24, 2.45) is 0 Å². The number of ether oxygens (including phenoxy) is 1. The second-order valence-corrected chi connectivity index (χ2v) is 8.60. The smallest absolute Gasteiger partial charge is 0.248 e. The van der Waals surface area contributed by atoms with Gasteiger partial charge in [0, 0.05) is 63.1 Å². The van der Waals surface area contributed by atoms with Crippen molar-refractivity contribution in [3.05, 3.63) is 59.4 Å². The van der Waals surface area contributed by atoms with E-state index in [0.717, 1.165) is 18.8 Å². The predicted octanol–water partition coefficient (Wildman–Crippen LogP) is 2.49. The van der Waals surface area contributed by atoms with Crippen molar-refractivity contribution in [3.63, 3.8) is 0 Å². The third-order valence-electron chi connectivity index (χ3n) is 6.08. The number of piperazine rings is 2. The molecule has 0 radical (unpaired) electrons. The van der Waals surface area contributed by atoms with Gasteiger partial charge in [-0.15, -0.1) is 0 Å². The Morgan fingerprint density at radius 2 is 1.36 bits per heavy atom. The molecular formula is C24H28ClFN4O3. The molecule has 2 heterocycles. The molecule has 2 aliphatic rings. The quantitative estimate of drug-likeness (QED) is 0.644. The fourth-order valence-corrected chi connectivity index (χ4v) is 4.38. The van der Waals surface area contributed by atoms with E-state index in [1.807, 2.05) is 29.2 Å². The van der Waals surface area contributed by atoms with Crippen LogP contribution in [-0.2, 0) is 14.3 Å². The summed E-state index contributed by atoms with van der Waals surface area (Å²) >= 11 is 6.07. The maximum Gasteiger partial charge on any atom is 0.248 e. The van der Waals surface area contributed by atoms with Crippen molar-refractivity contribution in [3.8, 4) is 0 Å². The van der Waals surface area contributed by atoms with Crippen LogP contribution in [-0.4, -0.2) is 87.2 Å². The number of rotatable bonds is 6. The molecule has 2 saturated heterocycles. The number of hydrogen-bond donors (Lipinski definition) is 0. The molecule has 2 amide bonds. The lowest BCUT2D eigenvalue weighted by Gasteiger charge is -2.36. The van der Waals surface area contributed by atoms with E-state index in [2.05, 4.69) is 4.90 Å². The first-order valence-corrected chi connectivity index (χ1v) is 11.5. The third kappa shape index (κ3) is 5.94. The van der Waals surface area contributed by atoms with Crippen LogP contribution in [0.4, 0.5) is 15.8 Å². The molecule has 0 unspecified atom stereocenters. The number of halogens is 2. The van der Waals surface area contributed by atoms with Gasteiger partial charge < -0.3 is 24.3 Å². The van der Waals surface area contributed by atoms with Crippen LogP contribution in [0.2, 0.25) is 5.02 Å². The molecule has 2 aliphatic heterocycles. The minimum atomic E-state index is -0.257. The van der Waals surface area contributed by atoms with Crippen LogP contribution < -0.4 is 9.80 Å². The SMILES string of the molecule is O=C(COCC(=O)N1CCN(c2ccccc2F)CC1)N1CCN(c2cccc(Cl)c2)CC1. The minimum Gasteiger partial charge on any atom is -0.368 e. The molecule has 0 saturated carbocycles. The highest BCUT2D eigenvalue weighted by molar-refractivity contribution is 6.30. The number of carbonyl (C=O) groups excluding carboxylic acids is 2. The molecule has 2 aromatic carbocycles. The maximum absolute atomic E-state index is 14.0. The minimum absolute atomic E-state index is 0.113. The van der Waals surface area contributed by atoms with Crippen LogP contribution in [0.15, 0.2) is 48.5 Å². The van der Waals surface area contributed by atoms with Crippen molar-refractivity contribution < 1.29 is 18.7 Å². The van der Waals surface area contributed by atoms with E-state index in [-0.39, 0.29) is 30.8 Å². The van der Waals surface area contributed by atoms with Gasteiger partial charge in [0.2, 0.25) is 11.8 Å². The van der Waals surface area contributed by atoms with Crippen molar-refractivity contribution in [2.75, 3.05) is 75.4 Å². The average molecular weight is 475 g/mol. The predicted molar refractivity (Wildman–Crippen MR) is 126 cm³/mol. The highest BCUT2D eigenvalue weighted by Crippen LogP contribution is 2.21. The molecule has 0 bridgehead atoms. The first-order chi connectivity index (χ1) is 16.0. The number of amides is 2. The molecule has 4 rings (SSSR count). The van der Waals surface area contributed by atoms with Crippen LogP contribution in [0.25, 0.3) is 0 Å². The van der Waals surface area contributed by atoms with E-state index in [0.29, 0.717) is 50.0 Å². The summed E-state index contributed by atoms with van der Waals surface area (Å²) in [4.78, 5) is 32.5. The second kappa shape index (κ2) is 10.9. The Hall–Kier alpha value is -2.84. The Balaban J connectivity index is 1.15. The summed E-state index contributed by atoms with van der Waals surface area (Å²) in [6.45, 7) is 4.50. The van der Waals surface area contributed by atoms with E-state index in [4.69, 9.17) is 16.3 Å². The molecule has 0 atom stereocenters. The van der Waals surface area contributed by atoms with Gasteiger partial charge in [-0.2, -0.15) is 0 Å². The van der Waals surface area contributed by atoms with Gasteiger partial charge in [0.15, 0.2) is 0 Å². The van der Waals surface area contributed by atoms with Crippen molar-refractivity contribution in [1.29, 1.82) is 0 Å². The molecule has 2 aromatic rings. The monoisotopic (exact) mass is 474 g/mol. The lowest BCUT2D eigenvalue weighted by atomic mass is 10.2. The molecule has 0 aliphatic carbocycles. The number of hydrogen-bond acceptors (Lipinski definition) is 5. The summed E-state index contributed by atoms with van der Waals surface area (Å²) in [5.74, 6) is -0.521. The van der Waals surface area contributed by atoms with Gasteiger partial charge in [0.25, 0.3) is 0 Å². The summed E-state index contributed by atoms with van der Waals surface area (Å²) < 4.78 is 19.4. The fraction of sp³-hybridized carbons (Fsp3) is 0.417. The molecule has 0 spiro atoms. The highest BCUT2D eigenvalue weighted by atomic mass is 35.5. The van der Waals surface area contributed by atoms with E-state index in [1.54, 1.807) is 28.0 Å². The average Bonchev–Trinajstić information content (AvgIpc) is 2.84. The molecule has 33 heavy (non-hydrogen) atoms. The summed E-state index contributed by atoms with van der Waals surface area (Å²) in [5, 5.41) is 0.692. The maximum atomic E-state index is 14.0. The Labute approximate surface area is 198 Å². The number of nitrogens with zero attached hydrogens (tertiary/aromatic N) is 4. The summed E-state index contributed by atoms with van der Waals surface area (Å²) in [6.07, 6.45) is 0. The third-order valence-corrected chi connectivity index (χ3v) is 6.32. The van der Waals surface area contributed by atoms with Gasteiger partial charge in [-0.1, -0.05) is 29.8 Å². The van der Waals surface area contributed by atoms with E-state index >= 15 is 0 Å². The molecule has 7 nitrogen and oxygen atoms in total. The Bertz CT molecular complexity index is 976. The van der Waals surface area contributed by atoms with Gasteiger partial charge >= 0.3 is 0 Å². The standard InChI is InChI=1S/C24H28ClFN4O3/c25-19-4-3-5-20(16-19)27-8-12-29(13-9-27)23(31)17-33-18-24(32)30-14-10-28(11-15-30)22-7-2-1-6-21(22)26/h1-7,16H,8-15,17-18H2. The molecule has 176 valence electrons. The molecule has 9 heteroatoms. The van der Waals surface area contributed by atoms with Crippen LogP contribution in [0.5, 0.6) is 0 Å². The van der Waals surface area contributed by atoms with Crippen molar-refractivity contribution in [2.45, 2.75) is 0 Å². The second-order valence-electron chi connectivity index (χ2n) is 8.16. The first-order valence-electron chi connectivity index (χ1n) is 11.1. The van der Waals surface area contributed by atoms with Gasteiger partial charge in [-0.3, -0.25) is 9.59 Å². The summed E-state index contributed by atoms with van der Waals surface area (Å²) in [6, 6.07) is 14.3. The van der Waals surface area contributed by atoms with Gasteiger partial charge in [-0.25, -0.2) is 4.39 Å². The molecule has 0 aromatic heterocycles. The zero-order chi connectivity index (χ0) is 23.2. The molecule has 2 fully saturated rings. The van der Waals surface area contributed by atoms with Crippen molar-refractivity contribution in [1.82, 2.24) is 9.80 Å². The number of anilines is 2. The number of para-hydroxylation sites is 1. The number of benzene rings is 2. The lowest BCUT2D eigenvalue weighted by Crippen LogP contribution is -2.51. The first kappa shape index (κ1) is 23.3. The van der Waals surface area contributed by atoms with E-state index in [1.165, 1.54) is 6.07 Å². The van der Waals surface area contributed by atoms with Gasteiger partial charge in [0.1, 0.15) is 19.0 Å². The Kier molecular flexibility index (Phi) is 7.67. The van der Waals surface area contributed by atoms with E-state index < -0.39 is 0 Å². The molecular weight excluding hydrogens is 447 g/mol. The van der Waals surface area contributed by atoms with Crippen molar-refractivity contribution >= 4 is 34.8 Å². The van der Waals surface area contributed by atoms with E-state index in [9.17, 15) is 14.0 Å². The zero-order valence-electron chi connectivity index (χ0n) is 18.5. The normalized spacial score (nSPS) is 16.8. The number of carbonyl (C=O) groups is 2.